The number of ether oxygens (including phenoxy) is 1. The summed E-state index contributed by atoms with van der Waals surface area (Å²) in [4.78, 5) is 9.74. The van der Waals surface area contributed by atoms with E-state index in [0.29, 0.717) is 0 Å². The predicted octanol–water partition coefficient (Wildman–Crippen LogP) is 1.82. The highest BCUT2D eigenvalue weighted by Crippen LogP contribution is 2.18. The maximum absolute atomic E-state index is 5.55. The van der Waals surface area contributed by atoms with E-state index in [1.807, 2.05) is 6.92 Å². The van der Waals surface area contributed by atoms with E-state index in [-0.39, 0.29) is 0 Å². The zero-order valence-corrected chi connectivity index (χ0v) is 13.7. The average Bonchev–Trinajstić information content (AvgIpc) is 2.88. The predicted molar refractivity (Wildman–Crippen MR) is 89.0 cm³/mol. The SMILES string of the molecule is CCOCCn1c(CN2CCN(C)CC2)nc2ccccc21. The molecule has 0 N–H and O–H groups in total. The smallest absolute Gasteiger partial charge is 0.124 e. The van der Waals surface area contributed by atoms with Gasteiger partial charge in [0.05, 0.1) is 24.2 Å². The fourth-order valence-corrected chi connectivity index (χ4v) is 3.00. The minimum Gasteiger partial charge on any atom is -0.380 e. The molecular weight excluding hydrogens is 276 g/mol. The molecule has 0 spiro atoms. The van der Waals surface area contributed by atoms with Crippen LogP contribution in [-0.4, -0.2) is 65.8 Å². The molecule has 3 rings (SSSR count). The van der Waals surface area contributed by atoms with Crippen molar-refractivity contribution in [3.8, 4) is 0 Å². The van der Waals surface area contributed by atoms with Crippen LogP contribution in [-0.2, 0) is 17.8 Å². The molecule has 1 fully saturated rings. The van der Waals surface area contributed by atoms with Gasteiger partial charge in [0.25, 0.3) is 0 Å². The Hall–Kier alpha value is -1.43. The maximum Gasteiger partial charge on any atom is 0.124 e. The van der Waals surface area contributed by atoms with Crippen molar-refractivity contribution in [3.63, 3.8) is 0 Å². The molecule has 0 atom stereocenters. The van der Waals surface area contributed by atoms with E-state index >= 15 is 0 Å². The van der Waals surface area contributed by atoms with Gasteiger partial charge in [0.15, 0.2) is 0 Å². The summed E-state index contributed by atoms with van der Waals surface area (Å²) < 4.78 is 7.87. The van der Waals surface area contributed by atoms with Crippen molar-refractivity contribution < 1.29 is 4.74 Å². The van der Waals surface area contributed by atoms with Gasteiger partial charge in [-0.25, -0.2) is 4.98 Å². The van der Waals surface area contributed by atoms with Crippen molar-refractivity contribution >= 4 is 11.0 Å². The Kier molecular flexibility index (Phi) is 5.08. The van der Waals surface area contributed by atoms with Crippen LogP contribution in [0, 0.1) is 0 Å². The molecule has 22 heavy (non-hydrogen) atoms. The van der Waals surface area contributed by atoms with E-state index in [9.17, 15) is 0 Å². The van der Waals surface area contributed by atoms with Crippen LogP contribution in [0.5, 0.6) is 0 Å². The second kappa shape index (κ2) is 7.22. The van der Waals surface area contributed by atoms with Crippen molar-refractivity contribution in [2.45, 2.75) is 20.0 Å². The van der Waals surface area contributed by atoms with Gasteiger partial charge >= 0.3 is 0 Å². The molecule has 0 unspecified atom stereocenters. The lowest BCUT2D eigenvalue weighted by Crippen LogP contribution is -2.44. The van der Waals surface area contributed by atoms with Gasteiger partial charge in [-0.05, 0) is 26.1 Å². The molecule has 5 nitrogen and oxygen atoms in total. The molecule has 1 aliphatic rings. The van der Waals surface area contributed by atoms with Gasteiger partial charge in [0.2, 0.25) is 0 Å². The van der Waals surface area contributed by atoms with Crippen molar-refractivity contribution in [1.82, 2.24) is 19.4 Å². The lowest BCUT2D eigenvalue weighted by molar-refractivity contribution is 0.132. The Morgan fingerprint density at radius 2 is 1.91 bits per heavy atom. The highest BCUT2D eigenvalue weighted by molar-refractivity contribution is 5.75. The highest BCUT2D eigenvalue weighted by Gasteiger charge is 2.17. The number of hydrogen-bond donors (Lipinski definition) is 0. The Bertz CT molecular complexity index is 602. The summed E-state index contributed by atoms with van der Waals surface area (Å²) in [5.74, 6) is 1.16. The standard InChI is InChI=1S/C17H26N4O/c1-3-22-13-12-21-16-7-5-4-6-15(16)18-17(21)14-20-10-8-19(2)9-11-20/h4-7H,3,8-14H2,1-2H3. The number of imidazole rings is 1. The minimum absolute atomic E-state index is 0.743. The number of piperazine rings is 1. The number of likely N-dealkylation sites (N-methyl/N-ethyl adjacent to an activating group) is 1. The molecule has 1 aromatic carbocycles. The van der Waals surface area contributed by atoms with E-state index in [1.165, 1.54) is 5.52 Å². The van der Waals surface area contributed by atoms with Crippen molar-refractivity contribution in [2.24, 2.45) is 0 Å². The number of fused-ring (bicyclic) bond motifs is 1. The Morgan fingerprint density at radius 3 is 2.68 bits per heavy atom. The molecule has 1 aliphatic heterocycles. The molecule has 5 heteroatoms. The summed E-state index contributed by atoms with van der Waals surface area (Å²) >= 11 is 0. The van der Waals surface area contributed by atoms with Crippen molar-refractivity contribution in [1.29, 1.82) is 0 Å². The third-order valence-corrected chi connectivity index (χ3v) is 4.36. The second-order valence-electron chi connectivity index (χ2n) is 5.94. The Labute approximate surface area is 132 Å². The zero-order chi connectivity index (χ0) is 15.4. The zero-order valence-electron chi connectivity index (χ0n) is 13.7. The molecule has 0 bridgehead atoms. The summed E-state index contributed by atoms with van der Waals surface area (Å²) in [6.45, 7) is 9.85. The molecule has 0 radical (unpaired) electrons. The first-order valence-electron chi connectivity index (χ1n) is 8.20. The number of rotatable bonds is 6. The van der Waals surface area contributed by atoms with Crippen molar-refractivity contribution in [3.05, 3.63) is 30.1 Å². The summed E-state index contributed by atoms with van der Waals surface area (Å²) in [5.41, 5.74) is 2.30. The Morgan fingerprint density at radius 1 is 1.14 bits per heavy atom. The van der Waals surface area contributed by atoms with Gasteiger partial charge < -0.3 is 14.2 Å². The topological polar surface area (TPSA) is 33.5 Å². The summed E-state index contributed by atoms with van der Waals surface area (Å²) in [6, 6.07) is 8.39. The fraction of sp³-hybridized carbons (Fsp3) is 0.588. The third kappa shape index (κ3) is 3.48. The summed E-state index contributed by atoms with van der Waals surface area (Å²) in [7, 11) is 2.19. The van der Waals surface area contributed by atoms with E-state index in [2.05, 4.69) is 45.7 Å². The van der Waals surface area contributed by atoms with Gasteiger partial charge in [0, 0.05) is 39.3 Å². The highest BCUT2D eigenvalue weighted by atomic mass is 16.5. The maximum atomic E-state index is 5.55. The van der Waals surface area contributed by atoms with Gasteiger partial charge in [-0.15, -0.1) is 0 Å². The molecule has 120 valence electrons. The molecule has 0 amide bonds. The quantitative estimate of drug-likeness (QED) is 0.762. The van der Waals surface area contributed by atoms with Gasteiger partial charge in [0.1, 0.15) is 5.82 Å². The number of hydrogen-bond acceptors (Lipinski definition) is 4. The Balaban J connectivity index is 1.79. The van der Waals surface area contributed by atoms with Gasteiger partial charge in [-0.2, -0.15) is 0 Å². The van der Waals surface area contributed by atoms with Gasteiger partial charge in [-0.1, -0.05) is 12.1 Å². The first-order valence-corrected chi connectivity index (χ1v) is 8.20. The fourth-order valence-electron chi connectivity index (χ4n) is 3.00. The number of nitrogens with zero attached hydrogens (tertiary/aromatic N) is 4. The van der Waals surface area contributed by atoms with E-state index < -0.39 is 0 Å². The van der Waals surface area contributed by atoms with E-state index in [0.717, 1.165) is 63.8 Å². The van der Waals surface area contributed by atoms with Crippen LogP contribution in [0.4, 0.5) is 0 Å². The molecular formula is C17H26N4O. The molecule has 2 aromatic rings. The largest absolute Gasteiger partial charge is 0.380 e. The average molecular weight is 302 g/mol. The van der Waals surface area contributed by atoms with Crippen LogP contribution >= 0.6 is 0 Å². The van der Waals surface area contributed by atoms with Crippen LogP contribution in [0.25, 0.3) is 11.0 Å². The van der Waals surface area contributed by atoms with Crippen molar-refractivity contribution in [2.75, 3.05) is 46.4 Å². The van der Waals surface area contributed by atoms with Crippen LogP contribution in [0.2, 0.25) is 0 Å². The molecule has 0 aliphatic carbocycles. The lowest BCUT2D eigenvalue weighted by atomic mass is 10.3. The normalized spacial score (nSPS) is 17.4. The monoisotopic (exact) mass is 302 g/mol. The summed E-state index contributed by atoms with van der Waals surface area (Å²) in [6.07, 6.45) is 0. The molecule has 1 aromatic heterocycles. The number of aromatic nitrogens is 2. The van der Waals surface area contributed by atoms with Crippen LogP contribution in [0.15, 0.2) is 24.3 Å². The number of para-hydroxylation sites is 2. The van der Waals surface area contributed by atoms with Gasteiger partial charge in [-0.3, -0.25) is 4.90 Å². The summed E-state index contributed by atoms with van der Waals surface area (Å²) in [5, 5.41) is 0. The van der Waals surface area contributed by atoms with E-state index in [4.69, 9.17) is 9.72 Å². The second-order valence-corrected chi connectivity index (χ2v) is 5.94. The molecule has 2 heterocycles. The minimum atomic E-state index is 0.743. The van der Waals surface area contributed by atoms with E-state index in [1.54, 1.807) is 0 Å². The molecule has 0 saturated carbocycles. The molecule has 1 saturated heterocycles. The third-order valence-electron chi connectivity index (χ3n) is 4.36. The van der Waals surface area contributed by atoms with Crippen LogP contribution in [0.3, 0.4) is 0 Å². The first kappa shape index (κ1) is 15.5. The van der Waals surface area contributed by atoms with Crippen LogP contribution < -0.4 is 0 Å². The lowest BCUT2D eigenvalue weighted by Gasteiger charge is -2.32. The van der Waals surface area contributed by atoms with Crippen LogP contribution in [0.1, 0.15) is 12.7 Å². The first-order chi connectivity index (χ1) is 10.8. The number of benzene rings is 1.